The van der Waals surface area contributed by atoms with Gasteiger partial charge in [0.2, 0.25) is 5.91 Å². The van der Waals surface area contributed by atoms with Crippen LogP contribution in [0.1, 0.15) is 12.5 Å². The number of hydrogen-bond acceptors (Lipinski definition) is 5. The van der Waals surface area contributed by atoms with Gasteiger partial charge in [0.05, 0.1) is 5.69 Å². The zero-order valence-electron chi connectivity index (χ0n) is 8.93. The normalized spacial score (nSPS) is 9.94. The molecule has 0 heterocycles. The summed E-state index contributed by atoms with van der Waals surface area (Å²) in [4.78, 5) is 10.7. The van der Waals surface area contributed by atoms with E-state index < -0.39 is 0 Å². The Morgan fingerprint density at radius 1 is 1.62 bits per heavy atom. The number of rotatable bonds is 4. The zero-order chi connectivity index (χ0) is 12.1. The van der Waals surface area contributed by atoms with Crippen molar-refractivity contribution in [1.29, 1.82) is 0 Å². The van der Waals surface area contributed by atoms with Gasteiger partial charge in [-0.3, -0.25) is 10.0 Å². The van der Waals surface area contributed by atoms with E-state index in [1.807, 2.05) is 0 Å². The number of amides is 1. The molecular weight excluding hydrogens is 210 g/mol. The summed E-state index contributed by atoms with van der Waals surface area (Å²) in [6.45, 7) is 1.82. The third-order valence-electron chi connectivity index (χ3n) is 2.08. The highest BCUT2D eigenvalue weighted by molar-refractivity contribution is 5.72. The quantitative estimate of drug-likeness (QED) is 0.514. The fourth-order valence-electron chi connectivity index (χ4n) is 1.34. The van der Waals surface area contributed by atoms with Crippen molar-refractivity contribution >= 4 is 17.3 Å². The van der Waals surface area contributed by atoms with E-state index in [1.165, 1.54) is 13.0 Å². The molecule has 88 valence electrons. The van der Waals surface area contributed by atoms with Crippen molar-refractivity contribution < 1.29 is 10.0 Å². The topological polar surface area (TPSA) is 102 Å². The van der Waals surface area contributed by atoms with Gasteiger partial charge in [0.25, 0.3) is 0 Å². The number of benzene rings is 1. The van der Waals surface area contributed by atoms with Crippen molar-refractivity contribution in [3.05, 3.63) is 29.0 Å². The molecule has 0 spiro atoms. The molecule has 0 atom stereocenters. The van der Waals surface area contributed by atoms with Crippen molar-refractivity contribution in [2.24, 2.45) is 0 Å². The molecule has 0 saturated carbocycles. The number of nitrogens with zero attached hydrogens (tertiary/aromatic N) is 1. The van der Waals surface area contributed by atoms with Gasteiger partial charge in [0.1, 0.15) is 0 Å². The number of nitrogens with two attached hydrogens (primary N) is 1. The zero-order valence-corrected chi connectivity index (χ0v) is 8.93. The van der Waals surface area contributed by atoms with Crippen LogP contribution in [0.3, 0.4) is 0 Å². The fraction of sp³-hybridized carbons (Fsp3) is 0.300. The summed E-state index contributed by atoms with van der Waals surface area (Å²) in [5.74, 6) is -0.139. The SMILES string of the molecule is CC(=O)NCCc1ccc(N)cc1N([O-])O. The van der Waals surface area contributed by atoms with Gasteiger partial charge in [-0.15, -0.1) is 0 Å². The van der Waals surface area contributed by atoms with E-state index in [0.717, 1.165) is 0 Å². The molecule has 0 aromatic heterocycles. The van der Waals surface area contributed by atoms with Crippen LogP contribution in [0.4, 0.5) is 11.4 Å². The van der Waals surface area contributed by atoms with Gasteiger partial charge < -0.3 is 21.5 Å². The predicted octanol–water partition coefficient (Wildman–Crippen LogP) is 0.641. The number of carbonyl (C=O) groups is 1. The first-order valence-electron chi connectivity index (χ1n) is 4.79. The number of anilines is 2. The van der Waals surface area contributed by atoms with Crippen molar-refractivity contribution in [3.63, 3.8) is 0 Å². The lowest BCUT2D eigenvalue weighted by Gasteiger charge is -2.25. The van der Waals surface area contributed by atoms with Gasteiger partial charge in [0.15, 0.2) is 0 Å². The Balaban J connectivity index is 2.74. The minimum Gasteiger partial charge on any atom is -0.733 e. The van der Waals surface area contributed by atoms with Crippen molar-refractivity contribution in [2.75, 3.05) is 17.5 Å². The molecule has 0 saturated heterocycles. The highest BCUT2D eigenvalue weighted by Gasteiger charge is 2.04. The van der Waals surface area contributed by atoms with Crippen molar-refractivity contribution in [3.8, 4) is 0 Å². The molecule has 0 aliphatic carbocycles. The predicted molar refractivity (Wildman–Crippen MR) is 60.9 cm³/mol. The first kappa shape index (κ1) is 12.3. The highest BCUT2D eigenvalue weighted by Crippen LogP contribution is 2.22. The molecule has 6 heteroatoms. The second-order valence-electron chi connectivity index (χ2n) is 3.39. The number of hydrogen-bond donors (Lipinski definition) is 3. The molecular formula is C10H14N3O3-. The van der Waals surface area contributed by atoms with E-state index in [9.17, 15) is 10.0 Å². The fourth-order valence-corrected chi connectivity index (χ4v) is 1.34. The maximum absolute atomic E-state index is 10.8. The van der Waals surface area contributed by atoms with Crippen molar-refractivity contribution in [1.82, 2.24) is 5.32 Å². The second-order valence-corrected chi connectivity index (χ2v) is 3.39. The number of carbonyl (C=O) groups excluding carboxylic acids is 1. The average Bonchev–Trinajstić information content (AvgIpc) is 2.19. The Morgan fingerprint density at radius 3 is 2.88 bits per heavy atom. The molecule has 0 aliphatic rings. The highest BCUT2D eigenvalue weighted by atomic mass is 16.8. The van der Waals surface area contributed by atoms with Crippen LogP contribution in [0.25, 0.3) is 0 Å². The molecule has 1 amide bonds. The molecule has 1 aromatic rings. The van der Waals surface area contributed by atoms with Gasteiger partial charge in [-0.1, -0.05) is 6.07 Å². The van der Waals surface area contributed by atoms with E-state index in [-0.39, 0.29) is 16.8 Å². The Labute approximate surface area is 93.2 Å². The smallest absolute Gasteiger partial charge is 0.216 e. The van der Waals surface area contributed by atoms with E-state index in [2.05, 4.69) is 5.32 Å². The minimum atomic E-state index is -0.223. The summed E-state index contributed by atoms with van der Waals surface area (Å²) in [6.07, 6.45) is 0.453. The van der Waals surface area contributed by atoms with Gasteiger partial charge >= 0.3 is 0 Å². The van der Waals surface area contributed by atoms with Crippen LogP contribution in [0.5, 0.6) is 0 Å². The summed E-state index contributed by atoms with van der Waals surface area (Å²) in [7, 11) is 0. The third-order valence-corrected chi connectivity index (χ3v) is 2.08. The van der Waals surface area contributed by atoms with Crippen LogP contribution in [0, 0.1) is 5.21 Å². The summed E-state index contributed by atoms with van der Waals surface area (Å²) in [5.41, 5.74) is 6.62. The van der Waals surface area contributed by atoms with E-state index in [4.69, 9.17) is 10.9 Å². The first-order valence-corrected chi connectivity index (χ1v) is 4.79. The number of nitrogens with one attached hydrogen (secondary N) is 1. The average molecular weight is 224 g/mol. The first-order chi connectivity index (χ1) is 7.50. The van der Waals surface area contributed by atoms with Crippen LogP contribution in [-0.4, -0.2) is 17.7 Å². The van der Waals surface area contributed by atoms with Crippen LogP contribution in [0.2, 0.25) is 0 Å². The monoisotopic (exact) mass is 224 g/mol. The Hall–Kier alpha value is -1.79. The van der Waals surface area contributed by atoms with E-state index in [0.29, 0.717) is 24.2 Å². The van der Waals surface area contributed by atoms with Crippen LogP contribution in [-0.2, 0) is 11.2 Å². The van der Waals surface area contributed by atoms with E-state index >= 15 is 0 Å². The molecule has 4 N–H and O–H groups in total. The van der Waals surface area contributed by atoms with E-state index in [1.54, 1.807) is 12.1 Å². The van der Waals surface area contributed by atoms with Gasteiger partial charge in [-0.2, -0.15) is 0 Å². The third kappa shape index (κ3) is 3.41. The summed E-state index contributed by atoms with van der Waals surface area (Å²) in [6, 6.07) is 4.67. The molecule has 6 nitrogen and oxygen atoms in total. The summed E-state index contributed by atoms with van der Waals surface area (Å²) < 4.78 is 0. The lowest BCUT2D eigenvalue weighted by molar-refractivity contribution is -0.118. The van der Waals surface area contributed by atoms with Gasteiger partial charge in [0, 0.05) is 19.2 Å². The lowest BCUT2D eigenvalue weighted by atomic mass is 10.1. The standard InChI is InChI=1S/C10H14N3O3/c1-7(14)12-5-4-8-2-3-9(11)6-10(8)13(15)16/h2-3,6,15H,4-5,11H2,1H3,(H,12,14)/q-1. The van der Waals surface area contributed by atoms with Gasteiger partial charge in [-0.25, -0.2) is 0 Å². The molecule has 1 aromatic carbocycles. The Morgan fingerprint density at radius 2 is 2.31 bits per heavy atom. The molecule has 0 bridgehead atoms. The largest absolute Gasteiger partial charge is 0.733 e. The Bertz CT molecular complexity index is 380. The molecule has 16 heavy (non-hydrogen) atoms. The van der Waals surface area contributed by atoms with Gasteiger partial charge in [-0.05, 0) is 24.1 Å². The van der Waals surface area contributed by atoms with Crippen molar-refractivity contribution in [2.45, 2.75) is 13.3 Å². The summed E-state index contributed by atoms with van der Waals surface area (Å²) in [5, 5.41) is 22.1. The maximum atomic E-state index is 10.8. The molecule has 0 unspecified atom stereocenters. The van der Waals surface area contributed by atoms with Crippen LogP contribution < -0.4 is 16.3 Å². The van der Waals surface area contributed by atoms with Crippen LogP contribution in [0.15, 0.2) is 18.2 Å². The molecule has 0 radical (unpaired) electrons. The molecule has 1 rings (SSSR count). The van der Waals surface area contributed by atoms with Crippen LogP contribution >= 0.6 is 0 Å². The Kier molecular flexibility index (Phi) is 4.10. The molecule has 0 aliphatic heterocycles. The maximum Gasteiger partial charge on any atom is 0.216 e. The number of nitrogen functional groups attached to an aromatic ring is 1. The second kappa shape index (κ2) is 5.34. The summed E-state index contributed by atoms with van der Waals surface area (Å²) >= 11 is 0. The molecule has 0 fully saturated rings. The lowest BCUT2D eigenvalue weighted by Crippen LogP contribution is -2.23. The minimum absolute atomic E-state index is 0.102.